The number of carbonyl (C=O) groups excluding carboxylic acids is 1. The fraction of sp³-hybridized carbons (Fsp3) is 0.857. The molecule has 1 saturated carbocycles. The van der Waals surface area contributed by atoms with Crippen molar-refractivity contribution >= 4 is 11.8 Å². The standard InChI is InChI=1S/C14H24O3/c15-13(11-14(16)17)12-9-7-5-3-1-2-4-6-8-10-12/h12H,1-11H2,(H,16,17). The minimum Gasteiger partial charge on any atom is -0.481 e. The highest BCUT2D eigenvalue weighted by molar-refractivity contribution is 5.95. The van der Waals surface area contributed by atoms with Crippen LogP contribution in [0.1, 0.15) is 70.6 Å². The molecule has 3 heteroatoms. The van der Waals surface area contributed by atoms with Crippen LogP contribution in [0.15, 0.2) is 0 Å². The van der Waals surface area contributed by atoms with Crippen molar-refractivity contribution in [1.82, 2.24) is 0 Å². The van der Waals surface area contributed by atoms with Gasteiger partial charge in [0, 0.05) is 5.92 Å². The van der Waals surface area contributed by atoms with E-state index in [-0.39, 0.29) is 18.1 Å². The molecule has 98 valence electrons. The van der Waals surface area contributed by atoms with Gasteiger partial charge in [0.25, 0.3) is 0 Å². The van der Waals surface area contributed by atoms with E-state index in [1.54, 1.807) is 0 Å². The van der Waals surface area contributed by atoms with Gasteiger partial charge < -0.3 is 5.11 Å². The normalized spacial score (nSPS) is 20.5. The number of carboxylic acids is 1. The number of aliphatic carboxylic acids is 1. The first-order valence-electron chi connectivity index (χ1n) is 6.94. The Morgan fingerprint density at radius 1 is 0.824 bits per heavy atom. The zero-order valence-electron chi connectivity index (χ0n) is 10.6. The summed E-state index contributed by atoms with van der Waals surface area (Å²) in [4.78, 5) is 22.3. The van der Waals surface area contributed by atoms with Crippen molar-refractivity contribution in [2.24, 2.45) is 5.92 Å². The first kappa shape index (κ1) is 14.2. The van der Waals surface area contributed by atoms with Crippen molar-refractivity contribution in [3.63, 3.8) is 0 Å². The van der Waals surface area contributed by atoms with Crippen molar-refractivity contribution in [3.05, 3.63) is 0 Å². The molecule has 0 atom stereocenters. The number of carboxylic acid groups (broad SMARTS) is 1. The van der Waals surface area contributed by atoms with E-state index in [9.17, 15) is 9.59 Å². The molecule has 0 radical (unpaired) electrons. The molecule has 3 nitrogen and oxygen atoms in total. The average molecular weight is 240 g/mol. The van der Waals surface area contributed by atoms with Crippen LogP contribution in [0, 0.1) is 5.92 Å². The first-order valence-corrected chi connectivity index (χ1v) is 6.94. The minimum atomic E-state index is -0.982. The van der Waals surface area contributed by atoms with Crippen LogP contribution in [0.5, 0.6) is 0 Å². The average Bonchev–Trinajstić information content (AvgIpc) is 2.32. The number of carbonyl (C=O) groups is 2. The second-order valence-corrected chi connectivity index (χ2v) is 5.14. The van der Waals surface area contributed by atoms with Crippen molar-refractivity contribution in [3.8, 4) is 0 Å². The zero-order chi connectivity index (χ0) is 12.5. The Kier molecular flexibility index (Phi) is 6.90. The molecule has 0 saturated heterocycles. The van der Waals surface area contributed by atoms with E-state index < -0.39 is 5.97 Å². The summed E-state index contributed by atoms with van der Waals surface area (Å²) in [6, 6.07) is 0. The molecule has 1 aliphatic carbocycles. The second kappa shape index (κ2) is 8.26. The lowest BCUT2D eigenvalue weighted by Crippen LogP contribution is -2.18. The first-order chi connectivity index (χ1) is 8.20. The van der Waals surface area contributed by atoms with E-state index in [2.05, 4.69) is 0 Å². The second-order valence-electron chi connectivity index (χ2n) is 5.14. The van der Waals surface area contributed by atoms with E-state index in [4.69, 9.17) is 5.11 Å². The summed E-state index contributed by atoms with van der Waals surface area (Å²) in [6.45, 7) is 0. The summed E-state index contributed by atoms with van der Waals surface area (Å²) in [5.74, 6) is -1.04. The lowest BCUT2D eigenvalue weighted by molar-refractivity contribution is -0.141. The number of ketones is 1. The molecule has 0 spiro atoms. The van der Waals surface area contributed by atoms with Gasteiger partial charge in [-0.15, -0.1) is 0 Å². The van der Waals surface area contributed by atoms with E-state index in [0.717, 1.165) is 25.7 Å². The third-order valence-electron chi connectivity index (χ3n) is 3.64. The van der Waals surface area contributed by atoms with Crippen LogP contribution in [0.4, 0.5) is 0 Å². The van der Waals surface area contributed by atoms with E-state index in [1.165, 1.54) is 38.5 Å². The molecule has 1 N–H and O–H groups in total. The largest absolute Gasteiger partial charge is 0.481 e. The van der Waals surface area contributed by atoms with Gasteiger partial charge in [0.2, 0.25) is 0 Å². The van der Waals surface area contributed by atoms with E-state index in [1.807, 2.05) is 0 Å². The summed E-state index contributed by atoms with van der Waals surface area (Å²) >= 11 is 0. The summed E-state index contributed by atoms with van der Waals surface area (Å²) in [5.41, 5.74) is 0. The molecule has 0 unspecified atom stereocenters. The van der Waals surface area contributed by atoms with Gasteiger partial charge in [-0.25, -0.2) is 0 Å². The third kappa shape index (κ3) is 6.44. The lowest BCUT2D eigenvalue weighted by atomic mass is 9.90. The molecular weight excluding hydrogens is 216 g/mol. The minimum absolute atomic E-state index is 0.00389. The Balaban J connectivity index is 2.41. The highest BCUT2D eigenvalue weighted by atomic mass is 16.4. The monoisotopic (exact) mass is 240 g/mol. The molecule has 0 heterocycles. The molecule has 1 fully saturated rings. The number of hydrogen-bond donors (Lipinski definition) is 1. The van der Waals surface area contributed by atoms with Crippen LogP contribution in [0.2, 0.25) is 0 Å². The molecule has 1 rings (SSSR count). The summed E-state index contributed by atoms with van der Waals surface area (Å²) in [6.07, 6.45) is 11.2. The van der Waals surface area contributed by atoms with Crippen LogP contribution in [0.3, 0.4) is 0 Å². The molecule has 0 aromatic rings. The van der Waals surface area contributed by atoms with Crippen molar-refractivity contribution < 1.29 is 14.7 Å². The molecule has 1 aliphatic rings. The topological polar surface area (TPSA) is 54.4 Å². The van der Waals surface area contributed by atoms with Gasteiger partial charge in [0.15, 0.2) is 0 Å². The predicted molar refractivity (Wildman–Crippen MR) is 66.9 cm³/mol. The maximum absolute atomic E-state index is 11.8. The Bertz CT molecular complexity index is 236. The maximum atomic E-state index is 11.8. The number of hydrogen-bond acceptors (Lipinski definition) is 2. The van der Waals surface area contributed by atoms with Gasteiger partial charge in [-0.1, -0.05) is 51.4 Å². The predicted octanol–water partition coefficient (Wildman–Crippen LogP) is 3.56. The molecule has 0 bridgehead atoms. The summed E-state index contributed by atoms with van der Waals surface area (Å²) in [7, 11) is 0. The highest BCUT2D eigenvalue weighted by Crippen LogP contribution is 2.22. The molecule has 0 aromatic heterocycles. The van der Waals surface area contributed by atoms with Crippen molar-refractivity contribution in [1.29, 1.82) is 0 Å². The van der Waals surface area contributed by atoms with E-state index in [0.29, 0.717) is 0 Å². The number of rotatable bonds is 3. The number of Topliss-reactive ketones (excluding diaryl/α,β-unsaturated/α-hetero) is 1. The lowest BCUT2D eigenvalue weighted by Gasteiger charge is -2.14. The SMILES string of the molecule is O=C(O)CC(=O)C1CCCCCCCCCC1. The molecule has 0 aliphatic heterocycles. The summed E-state index contributed by atoms with van der Waals surface area (Å²) < 4.78 is 0. The van der Waals surface area contributed by atoms with Crippen LogP contribution < -0.4 is 0 Å². The molecule has 0 aromatic carbocycles. The highest BCUT2D eigenvalue weighted by Gasteiger charge is 2.20. The maximum Gasteiger partial charge on any atom is 0.310 e. The van der Waals surface area contributed by atoms with Gasteiger partial charge >= 0.3 is 5.97 Å². The van der Waals surface area contributed by atoms with Crippen LogP contribution in [-0.4, -0.2) is 16.9 Å². The van der Waals surface area contributed by atoms with Crippen molar-refractivity contribution in [2.45, 2.75) is 70.6 Å². The van der Waals surface area contributed by atoms with Crippen LogP contribution in [-0.2, 0) is 9.59 Å². The van der Waals surface area contributed by atoms with Gasteiger partial charge in [-0.2, -0.15) is 0 Å². The Morgan fingerprint density at radius 3 is 1.65 bits per heavy atom. The van der Waals surface area contributed by atoms with Gasteiger partial charge in [-0.05, 0) is 12.8 Å². The Labute approximate surface area is 104 Å². The van der Waals surface area contributed by atoms with Gasteiger partial charge in [0.05, 0.1) is 0 Å². The molecule has 0 amide bonds. The quantitative estimate of drug-likeness (QED) is 0.767. The van der Waals surface area contributed by atoms with Crippen LogP contribution >= 0.6 is 0 Å². The Hall–Kier alpha value is -0.860. The summed E-state index contributed by atoms with van der Waals surface area (Å²) in [5, 5.41) is 8.67. The van der Waals surface area contributed by atoms with Crippen molar-refractivity contribution in [2.75, 3.05) is 0 Å². The van der Waals surface area contributed by atoms with Gasteiger partial charge in [0.1, 0.15) is 12.2 Å². The fourth-order valence-corrected chi connectivity index (χ4v) is 2.60. The zero-order valence-corrected chi connectivity index (χ0v) is 10.6. The van der Waals surface area contributed by atoms with Crippen LogP contribution in [0.25, 0.3) is 0 Å². The fourth-order valence-electron chi connectivity index (χ4n) is 2.60. The Morgan fingerprint density at radius 2 is 1.24 bits per heavy atom. The molecular formula is C14H24O3. The third-order valence-corrected chi connectivity index (χ3v) is 3.64. The van der Waals surface area contributed by atoms with Gasteiger partial charge in [-0.3, -0.25) is 9.59 Å². The molecule has 17 heavy (non-hydrogen) atoms. The van der Waals surface area contributed by atoms with E-state index >= 15 is 0 Å². The smallest absolute Gasteiger partial charge is 0.310 e.